The zero-order chi connectivity index (χ0) is 35.6. The van der Waals surface area contributed by atoms with Crippen molar-refractivity contribution in [3.63, 3.8) is 0 Å². The Kier molecular flexibility index (Phi) is 12.0. The van der Waals surface area contributed by atoms with Crippen molar-refractivity contribution in [3.05, 3.63) is 125 Å². The average molecular weight is 665 g/mol. The zero-order valence-corrected chi connectivity index (χ0v) is 28.3. The van der Waals surface area contributed by atoms with Gasteiger partial charge in [-0.05, 0) is 61.2 Å². The number of carbonyl (C=O) groups is 5. The molecule has 0 saturated heterocycles. The van der Waals surface area contributed by atoms with E-state index in [1.54, 1.807) is 82.5 Å². The van der Waals surface area contributed by atoms with E-state index in [9.17, 15) is 24.0 Å². The van der Waals surface area contributed by atoms with Gasteiger partial charge in [0, 0.05) is 19.7 Å². The van der Waals surface area contributed by atoms with E-state index in [0.29, 0.717) is 11.1 Å². The first-order valence-electron chi connectivity index (χ1n) is 15.9. The normalized spacial score (nSPS) is 10.9. The minimum atomic E-state index is -2.04. The molecule has 0 fully saturated rings. The number of nitrogens with one attached hydrogen (secondary N) is 1. The standard InChI is InChI=1S/C39H40N2O8/c1-6-47-37(45)39(38(46)48-7-2,29-13-9-8-10-14-29)25-49-34(42)24-27-19-22-33(32(23-27)36(44)41(4)5)40-35(43)31-16-12-11-15-30(31)28-20-17-26(3)18-21-28/h8-23H,6-7,24-25H2,1-5H3,(H,40,43). The van der Waals surface area contributed by atoms with Crippen molar-refractivity contribution in [1.82, 2.24) is 4.90 Å². The van der Waals surface area contributed by atoms with Crippen LogP contribution in [-0.4, -0.2) is 68.5 Å². The average Bonchev–Trinajstić information content (AvgIpc) is 3.10. The van der Waals surface area contributed by atoms with E-state index in [2.05, 4.69) is 5.32 Å². The third kappa shape index (κ3) is 8.39. The predicted octanol–water partition coefficient (Wildman–Crippen LogP) is 5.77. The van der Waals surface area contributed by atoms with Crippen LogP contribution in [0.2, 0.25) is 0 Å². The summed E-state index contributed by atoms with van der Waals surface area (Å²) in [6.45, 7) is 4.51. The molecule has 0 aliphatic rings. The Morgan fingerprint density at radius 2 is 1.33 bits per heavy atom. The molecule has 0 aliphatic carbocycles. The fourth-order valence-corrected chi connectivity index (χ4v) is 5.24. The molecule has 0 atom stereocenters. The zero-order valence-electron chi connectivity index (χ0n) is 28.3. The molecule has 0 aliphatic heterocycles. The third-order valence-electron chi connectivity index (χ3n) is 7.82. The van der Waals surface area contributed by atoms with Crippen LogP contribution in [0.1, 0.15) is 51.3 Å². The third-order valence-corrected chi connectivity index (χ3v) is 7.82. The molecule has 4 rings (SSSR count). The molecule has 10 nitrogen and oxygen atoms in total. The highest BCUT2D eigenvalue weighted by Gasteiger charge is 2.52. The van der Waals surface area contributed by atoms with E-state index < -0.39 is 41.7 Å². The quantitative estimate of drug-likeness (QED) is 0.109. The molecule has 4 aromatic carbocycles. The molecule has 2 amide bonds. The van der Waals surface area contributed by atoms with E-state index in [4.69, 9.17) is 14.2 Å². The predicted molar refractivity (Wildman–Crippen MR) is 185 cm³/mol. The van der Waals surface area contributed by atoms with Gasteiger partial charge in [-0.15, -0.1) is 0 Å². The summed E-state index contributed by atoms with van der Waals surface area (Å²) >= 11 is 0. The molecule has 0 unspecified atom stereocenters. The molecule has 0 heterocycles. The number of hydrogen-bond donors (Lipinski definition) is 1. The molecule has 254 valence electrons. The number of hydrogen-bond acceptors (Lipinski definition) is 8. The lowest BCUT2D eigenvalue weighted by Gasteiger charge is -2.29. The van der Waals surface area contributed by atoms with Crippen LogP contribution in [0, 0.1) is 6.92 Å². The molecule has 49 heavy (non-hydrogen) atoms. The molecule has 4 aromatic rings. The Morgan fingerprint density at radius 3 is 1.94 bits per heavy atom. The molecule has 0 saturated carbocycles. The largest absolute Gasteiger partial charge is 0.465 e. The Morgan fingerprint density at radius 1 is 0.714 bits per heavy atom. The maximum absolute atomic E-state index is 13.6. The lowest BCUT2D eigenvalue weighted by atomic mass is 9.81. The molecule has 0 aromatic heterocycles. The van der Waals surface area contributed by atoms with E-state index in [1.165, 1.54) is 11.0 Å². The smallest absolute Gasteiger partial charge is 0.331 e. The number of carbonyl (C=O) groups excluding carboxylic acids is 5. The number of esters is 3. The first-order valence-corrected chi connectivity index (χ1v) is 15.9. The lowest BCUT2D eigenvalue weighted by molar-refractivity contribution is -0.170. The molecule has 0 radical (unpaired) electrons. The second-order valence-corrected chi connectivity index (χ2v) is 11.5. The highest BCUT2D eigenvalue weighted by atomic mass is 16.6. The summed E-state index contributed by atoms with van der Waals surface area (Å²) in [5.74, 6) is -3.39. The summed E-state index contributed by atoms with van der Waals surface area (Å²) in [5, 5.41) is 2.87. The van der Waals surface area contributed by atoms with Crippen LogP contribution in [0.3, 0.4) is 0 Å². The second-order valence-electron chi connectivity index (χ2n) is 11.5. The molecule has 10 heteroatoms. The highest BCUT2D eigenvalue weighted by Crippen LogP contribution is 2.30. The van der Waals surface area contributed by atoms with Crippen molar-refractivity contribution in [1.29, 1.82) is 0 Å². The Bertz CT molecular complexity index is 1800. The van der Waals surface area contributed by atoms with E-state index in [0.717, 1.165) is 16.7 Å². The Balaban J connectivity index is 1.60. The van der Waals surface area contributed by atoms with Gasteiger partial charge >= 0.3 is 17.9 Å². The van der Waals surface area contributed by atoms with E-state index in [-0.39, 0.29) is 36.4 Å². The minimum Gasteiger partial charge on any atom is -0.465 e. The molecule has 1 N–H and O–H groups in total. The van der Waals surface area contributed by atoms with Crippen molar-refractivity contribution < 1.29 is 38.2 Å². The Hall–Kier alpha value is -5.77. The number of ether oxygens (including phenoxy) is 3. The summed E-state index contributed by atoms with van der Waals surface area (Å²) in [7, 11) is 3.16. The molecule has 0 bridgehead atoms. The van der Waals surface area contributed by atoms with Gasteiger partial charge in [0.2, 0.25) is 5.41 Å². The summed E-state index contributed by atoms with van der Waals surface area (Å²) in [5.41, 5.74) is 2.16. The number of anilines is 1. The van der Waals surface area contributed by atoms with Crippen molar-refractivity contribution in [2.45, 2.75) is 32.6 Å². The first-order chi connectivity index (χ1) is 23.5. The van der Waals surface area contributed by atoms with Crippen molar-refractivity contribution in [2.75, 3.05) is 39.2 Å². The summed E-state index contributed by atoms with van der Waals surface area (Å²) < 4.78 is 16.1. The van der Waals surface area contributed by atoms with Crippen molar-refractivity contribution >= 4 is 35.4 Å². The second kappa shape index (κ2) is 16.4. The van der Waals surface area contributed by atoms with E-state index in [1.807, 2.05) is 43.3 Å². The highest BCUT2D eigenvalue weighted by molar-refractivity contribution is 6.12. The number of benzene rings is 4. The van der Waals surface area contributed by atoms with Crippen LogP contribution in [0.25, 0.3) is 11.1 Å². The topological polar surface area (TPSA) is 128 Å². The van der Waals surface area contributed by atoms with Gasteiger partial charge in [-0.3, -0.25) is 24.0 Å². The van der Waals surface area contributed by atoms with Crippen LogP contribution >= 0.6 is 0 Å². The number of amides is 2. The van der Waals surface area contributed by atoms with Crippen LogP contribution < -0.4 is 5.32 Å². The SMILES string of the molecule is CCOC(=O)C(COC(=O)Cc1ccc(NC(=O)c2ccccc2-c2ccc(C)cc2)c(C(=O)N(C)C)c1)(C(=O)OCC)c1ccccc1. The van der Waals surface area contributed by atoms with Gasteiger partial charge in [-0.2, -0.15) is 0 Å². The minimum absolute atomic E-state index is 0.0100. The fourth-order valence-electron chi connectivity index (χ4n) is 5.24. The van der Waals surface area contributed by atoms with Crippen molar-refractivity contribution in [2.24, 2.45) is 0 Å². The maximum Gasteiger partial charge on any atom is 0.331 e. The number of nitrogens with zero attached hydrogens (tertiary/aromatic N) is 1. The lowest BCUT2D eigenvalue weighted by Crippen LogP contribution is -2.50. The Labute approximate surface area is 286 Å². The van der Waals surface area contributed by atoms with Crippen LogP contribution in [0.5, 0.6) is 0 Å². The van der Waals surface area contributed by atoms with Gasteiger partial charge in [0.25, 0.3) is 11.8 Å². The van der Waals surface area contributed by atoms with Gasteiger partial charge < -0.3 is 24.4 Å². The van der Waals surface area contributed by atoms with Gasteiger partial charge in [0.1, 0.15) is 6.61 Å². The monoisotopic (exact) mass is 664 g/mol. The summed E-state index contributed by atoms with van der Waals surface area (Å²) in [6.07, 6.45) is -0.297. The van der Waals surface area contributed by atoms with Gasteiger partial charge in [-0.25, -0.2) is 0 Å². The van der Waals surface area contributed by atoms with E-state index >= 15 is 0 Å². The molecular formula is C39H40N2O8. The summed E-state index contributed by atoms with van der Waals surface area (Å²) in [6, 6.07) is 27.8. The maximum atomic E-state index is 13.6. The molecular weight excluding hydrogens is 624 g/mol. The van der Waals surface area contributed by atoms with Gasteiger partial charge in [0.05, 0.1) is 30.9 Å². The number of aryl methyl sites for hydroxylation is 1. The van der Waals surface area contributed by atoms with Crippen molar-refractivity contribution in [3.8, 4) is 11.1 Å². The van der Waals surface area contributed by atoms with Crippen LogP contribution in [0.15, 0.2) is 97.1 Å². The van der Waals surface area contributed by atoms with Crippen LogP contribution in [-0.2, 0) is 40.4 Å². The number of rotatable bonds is 13. The van der Waals surface area contributed by atoms with Gasteiger partial charge in [0.15, 0.2) is 0 Å². The van der Waals surface area contributed by atoms with Crippen LogP contribution in [0.4, 0.5) is 5.69 Å². The van der Waals surface area contributed by atoms with Gasteiger partial charge in [-0.1, -0.05) is 84.4 Å². The summed E-state index contributed by atoms with van der Waals surface area (Å²) in [4.78, 5) is 68.0. The molecule has 0 spiro atoms. The fraction of sp³-hybridized carbons (Fsp3) is 0.256. The first kappa shape index (κ1) is 36.1.